The smallest absolute Gasteiger partial charge is 0.274 e. The topological polar surface area (TPSA) is 148 Å². The number of hydrogen-bond acceptors (Lipinski definition) is 8. The van der Waals surface area contributed by atoms with E-state index in [1.54, 1.807) is 24.5 Å². The first-order valence-corrected chi connectivity index (χ1v) is 16.5. The van der Waals surface area contributed by atoms with Crippen molar-refractivity contribution >= 4 is 23.2 Å². The van der Waals surface area contributed by atoms with E-state index in [1.165, 1.54) is 0 Å². The summed E-state index contributed by atoms with van der Waals surface area (Å²) in [6.45, 7) is 10.1. The van der Waals surface area contributed by atoms with Crippen LogP contribution in [0.4, 0.5) is 11.4 Å². The van der Waals surface area contributed by atoms with Gasteiger partial charge >= 0.3 is 0 Å². The van der Waals surface area contributed by atoms with Gasteiger partial charge in [0.15, 0.2) is 0 Å². The minimum absolute atomic E-state index is 0.298. The largest absolute Gasteiger partial charge is 0.389 e. The van der Waals surface area contributed by atoms with Gasteiger partial charge in [-0.05, 0) is 122 Å². The Hall–Kier alpha value is -4.48. The molecule has 2 heterocycles. The highest BCUT2D eigenvalue weighted by Crippen LogP contribution is 2.36. The lowest BCUT2D eigenvalue weighted by molar-refractivity contribution is 0.101. The van der Waals surface area contributed by atoms with E-state index in [2.05, 4.69) is 31.2 Å². The third-order valence-electron chi connectivity index (χ3n) is 9.55. The number of benzene rings is 2. The lowest BCUT2D eigenvalue weighted by Gasteiger charge is -2.17. The molecule has 0 radical (unpaired) electrons. The van der Waals surface area contributed by atoms with Crippen molar-refractivity contribution in [1.82, 2.24) is 20.6 Å². The van der Waals surface area contributed by atoms with Gasteiger partial charge in [-0.3, -0.25) is 19.6 Å². The lowest BCUT2D eigenvalue weighted by atomic mass is 9.94. The molecule has 250 valence electrons. The minimum atomic E-state index is -0.565. The van der Waals surface area contributed by atoms with Crippen LogP contribution in [-0.4, -0.2) is 56.3 Å². The molecule has 6 rings (SSSR count). The maximum Gasteiger partial charge on any atom is 0.274 e. The van der Waals surface area contributed by atoms with E-state index in [0.717, 1.165) is 70.2 Å². The van der Waals surface area contributed by atoms with Gasteiger partial charge in [0.05, 0.1) is 11.2 Å². The van der Waals surface area contributed by atoms with Crippen LogP contribution >= 0.6 is 0 Å². The summed E-state index contributed by atoms with van der Waals surface area (Å²) in [5.41, 5.74) is 8.40. The molecule has 4 aromatic rings. The molecule has 0 saturated heterocycles. The molecule has 0 aliphatic heterocycles. The maximum atomic E-state index is 13.3. The van der Waals surface area contributed by atoms with Crippen LogP contribution in [0.2, 0.25) is 0 Å². The SMILES string of the molecule is Cc1cc(C(=O)Nc2cccc(-c3cccc(NC(=O)c4cc(C)c(CNCC5(O)CC5)cn4)c3C)c2C)ncc1CNCC1(O)CC1. The van der Waals surface area contributed by atoms with Crippen LogP contribution in [-0.2, 0) is 13.1 Å². The number of amides is 2. The van der Waals surface area contributed by atoms with Crippen molar-refractivity contribution in [2.75, 3.05) is 23.7 Å². The van der Waals surface area contributed by atoms with Crippen molar-refractivity contribution in [3.8, 4) is 11.1 Å². The number of aliphatic hydroxyl groups is 2. The second kappa shape index (κ2) is 13.6. The fraction of sp³-hybridized carbons (Fsp3) is 0.368. The molecule has 0 atom stereocenters. The molecule has 10 heteroatoms. The van der Waals surface area contributed by atoms with E-state index >= 15 is 0 Å². The van der Waals surface area contributed by atoms with E-state index in [1.807, 2.05) is 64.1 Å². The monoisotopic (exact) mass is 648 g/mol. The van der Waals surface area contributed by atoms with E-state index in [0.29, 0.717) is 48.9 Å². The quantitative estimate of drug-likeness (QED) is 0.117. The van der Waals surface area contributed by atoms with Gasteiger partial charge in [-0.2, -0.15) is 0 Å². The van der Waals surface area contributed by atoms with Gasteiger partial charge in [0.2, 0.25) is 0 Å². The predicted molar refractivity (Wildman–Crippen MR) is 187 cm³/mol. The summed E-state index contributed by atoms with van der Waals surface area (Å²) in [4.78, 5) is 35.4. The Morgan fingerprint density at radius 2 is 1.06 bits per heavy atom. The molecule has 2 aromatic heterocycles. The number of anilines is 2. The first-order valence-electron chi connectivity index (χ1n) is 16.5. The minimum Gasteiger partial charge on any atom is -0.389 e. The van der Waals surface area contributed by atoms with E-state index in [4.69, 9.17) is 0 Å². The van der Waals surface area contributed by atoms with Gasteiger partial charge in [0.1, 0.15) is 11.4 Å². The highest BCUT2D eigenvalue weighted by atomic mass is 16.3. The standard InChI is InChI=1S/C38H44N6O4/c1-23-15-33(41-19-27(23)17-39-21-37(47)11-12-37)35(45)43-31-9-5-7-29(25(31)3)30-8-6-10-32(26(30)4)44-36(46)34-16-24(2)28(20-42-34)18-40-22-38(48)13-14-38/h5-10,15-16,19-20,39-40,47-48H,11-14,17-18,21-22H2,1-4H3,(H,43,45)(H,44,46). The normalized spacial score (nSPS) is 15.5. The Morgan fingerprint density at radius 1 is 0.667 bits per heavy atom. The number of pyridine rings is 2. The summed E-state index contributed by atoms with van der Waals surface area (Å²) >= 11 is 0. The van der Waals surface area contributed by atoms with E-state index in [-0.39, 0.29) is 11.8 Å². The number of aryl methyl sites for hydroxylation is 2. The fourth-order valence-electron chi connectivity index (χ4n) is 5.79. The number of rotatable bonds is 13. The second-order valence-corrected chi connectivity index (χ2v) is 13.5. The Kier molecular flexibility index (Phi) is 9.44. The molecule has 0 spiro atoms. The van der Waals surface area contributed by atoms with Crippen molar-refractivity contribution < 1.29 is 19.8 Å². The molecule has 2 aliphatic carbocycles. The molecule has 0 unspecified atom stereocenters. The van der Waals surface area contributed by atoms with Crippen molar-refractivity contribution in [3.63, 3.8) is 0 Å². The second-order valence-electron chi connectivity index (χ2n) is 13.5. The summed E-state index contributed by atoms with van der Waals surface area (Å²) in [5, 5.41) is 32.7. The first-order chi connectivity index (χ1) is 22.9. The summed E-state index contributed by atoms with van der Waals surface area (Å²) in [6, 6.07) is 15.1. The molecule has 48 heavy (non-hydrogen) atoms. The highest BCUT2D eigenvalue weighted by Gasteiger charge is 2.40. The van der Waals surface area contributed by atoms with Crippen LogP contribution in [0.3, 0.4) is 0 Å². The average Bonchev–Trinajstić information content (AvgIpc) is 3.99. The summed E-state index contributed by atoms with van der Waals surface area (Å²) in [6.07, 6.45) is 6.75. The molecule has 2 amide bonds. The molecule has 2 aromatic carbocycles. The summed E-state index contributed by atoms with van der Waals surface area (Å²) in [5.74, 6) is -0.597. The van der Waals surface area contributed by atoms with Crippen molar-refractivity contribution in [2.45, 2.75) is 77.7 Å². The molecule has 10 nitrogen and oxygen atoms in total. The lowest BCUT2D eigenvalue weighted by Crippen LogP contribution is -2.28. The van der Waals surface area contributed by atoms with Gasteiger partial charge in [-0.25, -0.2) is 0 Å². The molecular formula is C38H44N6O4. The van der Waals surface area contributed by atoms with Crippen LogP contribution in [0.1, 0.15) is 80.0 Å². The van der Waals surface area contributed by atoms with Crippen molar-refractivity contribution in [2.24, 2.45) is 0 Å². The zero-order valence-electron chi connectivity index (χ0n) is 28.0. The first kappa shape index (κ1) is 33.4. The number of hydrogen-bond donors (Lipinski definition) is 6. The Labute approximate surface area is 281 Å². The number of nitrogens with zero attached hydrogens (tertiary/aromatic N) is 2. The van der Waals surface area contributed by atoms with Crippen LogP contribution < -0.4 is 21.3 Å². The number of aromatic nitrogens is 2. The van der Waals surface area contributed by atoms with Gasteiger partial charge in [0, 0.05) is 49.9 Å². The molecule has 6 N–H and O–H groups in total. The van der Waals surface area contributed by atoms with E-state index < -0.39 is 11.2 Å². The van der Waals surface area contributed by atoms with Crippen LogP contribution in [0, 0.1) is 27.7 Å². The number of carbonyl (C=O) groups is 2. The Morgan fingerprint density at radius 3 is 1.42 bits per heavy atom. The zero-order valence-corrected chi connectivity index (χ0v) is 28.0. The van der Waals surface area contributed by atoms with Gasteiger partial charge < -0.3 is 31.5 Å². The summed E-state index contributed by atoms with van der Waals surface area (Å²) in [7, 11) is 0. The van der Waals surface area contributed by atoms with Gasteiger partial charge in [0.25, 0.3) is 11.8 Å². The molecular weight excluding hydrogens is 604 g/mol. The third kappa shape index (κ3) is 7.79. The van der Waals surface area contributed by atoms with Gasteiger partial charge in [-0.15, -0.1) is 0 Å². The highest BCUT2D eigenvalue weighted by molar-refractivity contribution is 6.05. The summed E-state index contributed by atoms with van der Waals surface area (Å²) < 4.78 is 0. The molecule has 0 bridgehead atoms. The molecule has 2 fully saturated rings. The number of carbonyl (C=O) groups excluding carboxylic acids is 2. The predicted octanol–water partition coefficient (Wildman–Crippen LogP) is 5.11. The van der Waals surface area contributed by atoms with Crippen molar-refractivity contribution in [3.05, 3.63) is 106 Å². The Bertz CT molecular complexity index is 1730. The zero-order chi connectivity index (χ0) is 34.1. The fourth-order valence-corrected chi connectivity index (χ4v) is 5.79. The average molecular weight is 649 g/mol. The number of nitrogens with one attached hydrogen (secondary N) is 4. The Balaban J connectivity index is 1.12. The van der Waals surface area contributed by atoms with E-state index in [9.17, 15) is 19.8 Å². The maximum absolute atomic E-state index is 13.3. The van der Waals surface area contributed by atoms with Crippen LogP contribution in [0.5, 0.6) is 0 Å². The molecule has 2 saturated carbocycles. The van der Waals surface area contributed by atoms with Gasteiger partial charge in [-0.1, -0.05) is 24.3 Å². The van der Waals surface area contributed by atoms with Crippen LogP contribution in [0.15, 0.2) is 60.9 Å². The molecule has 2 aliphatic rings. The van der Waals surface area contributed by atoms with Crippen molar-refractivity contribution in [1.29, 1.82) is 0 Å². The third-order valence-corrected chi connectivity index (χ3v) is 9.55. The van der Waals surface area contributed by atoms with Crippen LogP contribution in [0.25, 0.3) is 11.1 Å².